The Labute approximate surface area is 94.2 Å². The average Bonchev–Trinajstić information content (AvgIpc) is 2.30. The van der Waals surface area contributed by atoms with Crippen molar-refractivity contribution >= 4 is 11.8 Å². The number of rotatable bonds is 5. The summed E-state index contributed by atoms with van der Waals surface area (Å²) in [6.07, 6.45) is -0.263. The van der Waals surface area contributed by atoms with Gasteiger partial charge in [-0.2, -0.15) is 0 Å². The summed E-state index contributed by atoms with van der Waals surface area (Å²) in [6.45, 7) is 2.31. The summed E-state index contributed by atoms with van der Waals surface area (Å²) in [6, 6.07) is 6.84. The van der Waals surface area contributed by atoms with Crippen LogP contribution >= 0.6 is 0 Å². The molecule has 0 bridgehead atoms. The van der Waals surface area contributed by atoms with Crippen LogP contribution in [0.3, 0.4) is 0 Å². The lowest BCUT2D eigenvalue weighted by molar-refractivity contribution is -0.139. The van der Waals surface area contributed by atoms with Gasteiger partial charge >= 0.3 is 5.97 Å². The number of esters is 1. The minimum Gasteiger partial charge on any atom is -0.493 e. The van der Waals surface area contributed by atoms with Crippen LogP contribution in [0.1, 0.15) is 23.7 Å². The highest BCUT2D eigenvalue weighted by Crippen LogP contribution is 2.19. The van der Waals surface area contributed by atoms with E-state index in [2.05, 4.69) is 4.74 Å². The third-order valence-corrected chi connectivity index (χ3v) is 2.02. The second-order valence-electron chi connectivity index (χ2n) is 3.11. The van der Waals surface area contributed by atoms with Crippen molar-refractivity contribution in [1.29, 1.82) is 0 Å². The van der Waals surface area contributed by atoms with Gasteiger partial charge < -0.3 is 9.47 Å². The summed E-state index contributed by atoms with van der Waals surface area (Å²) in [7, 11) is 1.25. The number of Topliss-reactive ketones (excluding diaryl/α,β-unsaturated/α-hetero) is 1. The molecule has 0 fully saturated rings. The van der Waals surface area contributed by atoms with E-state index in [1.165, 1.54) is 7.11 Å². The SMILES string of the molecule is CCOc1ccccc1C(=O)CC(=O)OC. The molecule has 0 spiro atoms. The molecule has 4 nitrogen and oxygen atoms in total. The zero-order valence-electron chi connectivity index (χ0n) is 9.36. The zero-order valence-corrected chi connectivity index (χ0v) is 9.36. The molecular formula is C12H14O4. The first-order chi connectivity index (χ1) is 7.69. The number of carbonyl (C=O) groups is 2. The van der Waals surface area contributed by atoms with E-state index in [9.17, 15) is 9.59 Å². The first-order valence-electron chi connectivity index (χ1n) is 5.00. The van der Waals surface area contributed by atoms with Gasteiger partial charge in [0.05, 0.1) is 19.3 Å². The molecule has 0 amide bonds. The van der Waals surface area contributed by atoms with Gasteiger partial charge in [0.15, 0.2) is 5.78 Å². The Balaban J connectivity index is 2.85. The maximum Gasteiger partial charge on any atom is 0.313 e. The van der Waals surface area contributed by atoms with Crippen molar-refractivity contribution in [3.05, 3.63) is 29.8 Å². The maximum absolute atomic E-state index is 11.7. The van der Waals surface area contributed by atoms with Crippen LogP contribution < -0.4 is 4.74 Å². The first kappa shape index (κ1) is 12.2. The van der Waals surface area contributed by atoms with Crippen LogP contribution in [-0.2, 0) is 9.53 Å². The molecular weight excluding hydrogens is 208 g/mol. The summed E-state index contributed by atoms with van der Waals surface area (Å²) in [4.78, 5) is 22.7. The Morgan fingerprint density at radius 3 is 2.56 bits per heavy atom. The third-order valence-electron chi connectivity index (χ3n) is 2.02. The van der Waals surface area contributed by atoms with Crippen LogP contribution in [0, 0.1) is 0 Å². The Hall–Kier alpha value is -1.84. The number of para-hydroxylation sites is 1. The van der Waals surface area contributed by atoms with Gasteiger partial charge in [-0.05, 0) is 19.1 Å². The summed E-state index contributed by atoms with van der Waals surface area (Å²) >= 11 is 0. The fourth-order valence-corrected chi connectivity index (χ4v) is 1.28. The van der Waals surface area contributed by atoms with E-state index in [0.717, 1.165) is 0 Å². The van der Waals surface area contributed by atoms with Gasteiger partial charge in [0, 0.05) is 0 Å². The largest absolute Gasteiger partial charge is 0.493 e. The normalized spacial score (nSPS) is 9.62. The highest BCUT2D eigenvalue weighted by molar-refractivity contribution is 6.07. The highest BCUT2D eigenvalue weighted by atomic mass is 16.5. The van der Waals surface area contributed by atoms with Gasteiger partial charge in [0.1, 0.15) is 12.2 Å². The molecule has 86 valence electrons. The quantitative estimate of drug-likeness (QED) is 0.433. The molecule has 0 aliphatic heterocycles. The summed E-state index contributed by atoms with van der Waals surface area (Å²) in [5.74, 6) is -0.342. The summed E-state index contributed by atoms with van der Waals surface area (Å²) < 4.78 is 9.74. The predicted molar refractivity (Wildman–Crippen MR) is 58.6 cm³/mol. The van der Waals surface area contributed by atoms with E-state index in [1.54, 1.807) is 24.3 Å². The Morgan fingerprint density at radius 2 is 1.94 bits per heavy atom. The molecule has 0 unspecified atom stereocenters. The molecule has 0 radical (unpaired) electrons. The van der Waals surface area contributed by atoms with Crippen LogP contribution in [0.15, 0.2) is 24.3 Å². The molecule has 0 aliphatic rings. The minimum atomic E-state index is -0.545. The second kappa shape index (κ2) is 5.90. The van der Waals surface area contributed by atoms with Gasteiger partial charge in [0.25, 0.3) is 0 Å². The van der Waals surface area contributed by atoms with E-state index in [1.807, 2.05) is 6.92 Å². The van der Waals surface area contributed by atoms with Crippen LogP contribution in [0.4, 0.5) is 0 Å². The zero-order chi connectivity index (χ0) is 12.0. The Morgan fingerprint density at radius 1 is 1.25 bits per heavy atom. The standard InChI is InChI=1S/C12H14O4/c1-3-16-11-7-5-4-6-9(11)10(13)8-12(14)15-2/h4-7H,3,8H2,1-2H3. The summed E-state index contributed by atoms with van der Waals surface area (Å²) in [5, 5.41) is 0. The Kier molecular flexibility index (Phi) is 4.51. The number of methoxy groups -OCH3 is 1. The van der Waals surface area contributed by atoms with Crippen LogP contribution in [0.5, 0.6) is 5.75 Å². The molecule has 1 aromatic rings. The summed E-state index contributed by atoms with van der Waals surface area (Å²) in [5.41, 5.74) is 0.412. The van der Waals surface area contributed by atoms with Crippen LogP contribution in [-0.4, -0.2) is 25.5 Å². The number of ether oxygens (including phenoxy) is 2. The fraction of sp³-hybridized carbons (Fsp3) is 0.333. The van der Waals surface area contributed by atoms with Gasteiger partial charge in [-0.15, -0.1) is 0 Å². The van der Waals surface area contributed by atoms with Crippen molar-refractivity contribution in [2.24, 2.45) is 0 Å². The Bertz CT molecular complexity index is 384. The van der Waals surface area contributed by atoms with Crippen molar-refractivity contribution in [1.82, 2.24) is 0 Å². The van der Waals surface area contributed by atoms with Crippen molar-refractivity contribution in [2.75, 3.05) is 13.7 Å². The van der Waals surface area contributed by atoms with Gasteiger partial charge in [-0.3, -0.25) is 9.59 Å². The highest BCUT2D eigenvalue weighted by Gasteiger charge is 2.15. The van der Waals surface area contributed by atoms with Crippen molar-refractivity contribution < 1.29 is 19.1 Å². The number of benzene rings is 1. The van der Waals surface area contributed by atoms with Crippen molar-refractivity contribution in [3.8, 4) is 5.75 Å². The molecule has 1 aromatic carbocycles. The lowest BCUT2D eigenvalue weighted by Crippen LogP contribution is -2.11. The van der Waals surface area contributed by atoms with Crippen LogP contribution in [0.25, 0.3) is 0 Å². The second-order valence-corrected chi connectivity index (χ2v) is 3.11. The van der Waals surface area contributed by atoms with Gasteiger partial charge in [-0.1, -0.05) is 12.1 Å². The molecule has 0 aliphatic carbocycles. The molecule has 1 rings (SSSR count). The smallest absolute Gasteiger partial charge is 0.313 e. The third kappa shape index (κ3) is 3.08. The van der Waals surface area contributed by atoms with Gasteiger partial charge in [-0.25, -0.2) is 0 Å². The molecule has 0 aromatic heterocycles. The van der Waals surface area contributed by atoms with E-state index >= 15 is 0 Å². The fourth-order valence-electron chi connectivity index (χ4n) is 1.28. The topological polar surface area (TPSA) is 52.6 Å². The molecule has 4 heteroatoms. The van der Waals surface area contributed by atoms with Gasteiger partial charge in [0.2, 0.25) is 0 Å². The number of hydrogen-bond acceptors (Lipinski definition) is 4. The van der Waals surface area contributed by atoms with E-state index in [0.29, 0.717) is 17.9 Å². The van der Waals surface area contributed by atoms with E-state index in [4.69, 9.17) is 4.74 Å². The van der Waals surface area contributed by atoms with E-state index < -0.39 is 5.97 Å². The van der Waals surface area contributed by atoms with Crippen LogP contribution in [0.2, 0.25) is 0 Å². The number of carbonyl (C=O) groups excluding carboxylic acids is 2. The predicted octanol–water partition coefficient (Wildman–Crippen LogP) is 1.83. The number of ketones is 1. The lowest BCUT2D eigenvalue weighted by Gasteiger charge is -2.08. The molecule has 0 N–H and O–H groups in total. The number of hydrogen-bond donors (Lipinski definition) is 0. The maximum atomic E-state index is 11.7. The average molecular weight is 222 g/mol. The monoisotopic (exact) mass is 222 g/mol. The molecule has 0 saturated heterocycles. The minimum absolute atomic E-state index is 0.263. The molecule has 0 heterocycles. The van der Waals surface area contributed by atoms with E-state index in [-0.39, 0.29) is 12.2 Å². The molecule has 0 atom stereocenters. The van der Waals surface area contributed by atoms with Crippen molar-refractivity contribution in [2.45, 2.75) is 13.3 Å². The lowest BCUT2D eigenvalue weighted by atomic mass is 10.1. The first-order valence-corrected chi connectivity index (χ1v) is 5.00. The molecule has 0 saturated carbocycles. The molecule has 16 heavy (non-hydrogen) atoms. The van der Waals surface area contributed by atoms with Crippen molar-refractivity contribution in [3.63, 3.8) is 0 Å².